The van der Waals surface area contributed by atoms with Crippen LogP contribution in [0.25, 0.3) is 0 Å². The maximum Gasteiger partial charge on any atom is 0.338 e. The number of nitrogens with zero attached hydrogens (tertiary/aromatic N) is 1. The fraction of sp³-hybridized carbons (Fsp3) is 0.0714. The lowest BCUT2D eigenvalue weighted by Gasteiger charge is -2.09. The molecule has 2 aromatic rings. The van der Waals surface area contributed by atoms with Crippen molar-refractivity contribution in [3.05, 3.63) is 58.3 Å². The Hall–Kier alpha value is -2.11. The Morgan fingerprint density at radius 1 is 1.10 bits per heavy atom. The Balaban J connectivity index is 1.92. The van der Waals surface area contributed by atoms with Crippen molar-refractivity contribution in [3.8, 4) is 0 Å². The Kier molecular flexibility index (Phi) is 5.14. The minimum absolute atomic E-state index is 0.283. The average Bonchev–Trinajstić information content (AvgIpc) is 2.49. The molecule has 21 heavy (non-hydrogen) atoms. The molecule has 0 saturated heterocycles. The van der Waals surface area contributed by atoms with Crippen LogP contribution < -0.4 is 5.32 Å². The molecule has 1 aromatic carbocycles. The summed E-state index contributed by atoms with van der Waals surface area (Å²) in [5.41, 5.74) is 0.597. The van der Waals surface area contributed by atoms with E-state index < -0.39 is 18.5 Å². The monoisotopic (exact) mass is 324 g/mol. The highest BCUT2D eigenvalue weighted by molar-refractivity contribution is 6.39. The summed E-state index contributed by atoms with van der Waals surface area (Å²) in [6.07, 6.45) is 2.92. The first kappa shape index (κ1) is 15.3. The molecular weight excluding hydrogens is 315 g/mol. The molecule has 108 valence electrons. The number of carbonyl (C=O) groups is 2. The van der Waals surface area contributed by atoms with Gasteiger partial charge in [-0.3, -0.25) is 9.78 Å². The molecule has 5 nitrogen and oxygen atoms in total. The van der Waals surface area contributed by atoms with Crippen molar-refractivity contribution in [1.82, 2.24) is 4.98 Å². The van der Waals surface area contributed by atoms with E-state index in [0.717, 1.165) is 0 Å². The lowest BCUT2D eigenvalue weighted by atomic mass is 10.3. The molecule has 0 saturated carbocycles. The number of pyridine rings is 1. The van der Waals surface area contributed by atoms with E-state index in [9.17, 15) is 9.59 Å². The van der Waals surface area contributed by atoms with Crippen LogP contribution in [-0.4, -0.2) is 23.5 Å². The minimum Gasteiger partial charge on any atom is -0.452 e. The SMILES string of the molecule is O=C(COC(=O)c1ccncc1)Nc1c(Cl)cccc1Cl. The van der Waals surface area contributed by atoms with Crippen molar-refractivity contribution in [2.75, 3.05) is 11.9 Å². The molecule has 0 aliphatic rings. The van der Waals surface area contributed by atoms with Gasteiger partial charge in [0.1, 0.15) is 0 Å². The molecule has 1 N–H and O–H groups in total. The van der Waals surface area contributed by atoms with Crippen LogP contribution in [0.5, 0.6) is 0 Å². The highest BCUT2D eigenvalue weighted by Gasteiger charge is 2.12. The van der Waals surface area contributed by atoms with Crippen LogP contribution in [0.3, 0.4) is 0 Å². The number of amides is 1. The number of anilines is 1. The van der Waals surface area contributed by atoms with Crippen molar-refractivity contribution in [2.45, 2.75) is 0 Å². The van der Waals surface area contributed by atoms with Gasteiger partial charge in [0.15, 0.2) is 6.61 Å². The zero-order chi connectivity index (χ0) is 15.2. The lowest BCUT2D eigenvalue weighted by molar-refractivity contribution is -0.119. The van der Waals surface area contributed by atoms with E-state index in [1.807, 2.05) is 0 Å². The van der Waals surface area contributed by atoms with Gasteiger partial charge < -0.3 is 10.1 Å². The quantitative estimate of drug-likeness (QED) is 0.877. The molecule has 0 fully saturated rings. The van der Waals surface area contributed by atoms with Gasteiger partial charge in [-0.1, -0.05) is 29.3 Å². The number of ether oxygens (including phenoxy) is 1. The van der Waals surface area contributed by atoms with Gasteiger partial charge in [0, 0.05) is 12.4 Å². The number of carbonyl (C=O) groups excluding carboxylic acids is 2. The van der Waals surface area contributed by atoms with Crippen LogP contribution in [0.2, 0.25) is 10.0 Å². The summed E-state index contributed by atoms with van der Waals surface area (Å²) >= 11 is 11.8. The molecule has 0 atom stereocenters. The molecule has 0 radical (unpaired) electrons. The van der Waals surface area contributed by atoms with Gasteiger partial charge in [-0.25, -0.2) is 4.79 Å². The molecular formula is C14H10Cl2N2O3. The molecule has 1 aromatic heterocycles. The van der Waals surface area contributed by atoms with Crippen LogP contribution in [0.1, 0.15) is 10.4 Å². The molecule has 7 heteroatoms. The van der Waals surface area contributed by atoms with Crippen molar-refractivity contribution in [1.29, 1.82) is 0 Å². The van der Waals surface area contributed by atoms with E-state index in [-0.39, 0.29) is 5.69 Å². The predicted octanol–water partition coefficient (Wildman–Crippen LogP) is 3.18. The molecule has 0 spiro atoms. The summed E-state index contributed by atoms with van der Waals surface area (Å²) in [4.78, 5) is 27.2. The number of benzene rings is 1. The van der Waals surface area contributed by atoms with Gasteiger partial charge in [0.25, 0.3) is 5.91 Å². The summed E-state index contributed by atoms with van der Waals surface area (Å²) < 4.78 is 4.88. The van der Waals surface area contributed by atoms with Crippen molar-refractivity contribution in [2.24, 2.45) is 0 Å². The van der Waals surface area contributed by atoms with E-state index in [1.54, 1.807) is 18.2 Å². The van der Waals surface area contributed by atoms with Gasteiger partial charge in [0.05, 0.1) is 21.3 Å². The number of hydrogen-bond donors (Lipinski definition) is 1. The molecule has 0 aliphatic carbocycles. The Bertz CT molecular complexity index is 642. The Labute approximate surface area is 130 Å². The summed E-state index contributed by atoms with van der Waals surface area (Å²) in [6.45, 7) is -0.442. The van der Waals surface area contributed by atoms with E-state index in [4.69, 9.17) is 27.9 Å². The fourth-order valence-electron chi connectivity index (χ4n) is 1.50. The maximum atomic E-state index is 11.7. The number of aromatic nitrogens is 1. The average molecular weight is 325 g/mol. The Morgan fingerprint density at radius 3 is 2.33 bits per heavy atom. The first-order valence-electron chi connectivity index (χ1n) is 5.89. The number of nitrogens with one attached hydrogen (secondary N) is 1. The first-order chi connectivity index (χ1) is 10.1. The van der Waals surface area contributed by atoms with E-state index in [0.29, 0.717) is 15.6 Å². The van der Waals surface area contributed by atoms with E-state index >= 15 is 0 Å². The smallest absolute Gasteiger partial charge is 0.338 e. The third-order valence-corrected chi connectivity index (χ3v) is 3.11. The highest BCUT2D eigenvalue weighted by Crippen LogP contribution is 2.29. The third kappa shape index (κ3) is 4.18. The number of hydrogen-bond acceptors (Lipinski definition) is 4. The van der Waals surface area contributed by atoms with Gasteiger partial charge in [-0.05, 0) is 24.3 Å². The maximum absolute atomic E-state index is 11.7. The van der Waals surface area contributed by atoms with Crippen LogP contribution in [0, 0.1) is 0 Å². The molecule has 1 heterocycles. The van der Waals surface area contributed by atoms with Gasteiger partial charge in [0.2, 0.25) is 0 Å². The zero-order valence-electron chi connectivity index (χ0n) is 10.7. The summed E-state index contributed by atoms with van der Waals surface area (Å²) in [5, 5.41) is 3.10. The van der Waals surface area contributed by atoms with Crippen molar-refractivity contribution in [3.63, 3.8) is 0 Å². The summed E-state index contributed by atoms with van der Waals surface area (Å²) in [7, 11) is 0. The second kappa shape index (κ2) is 7.06. The minimum atomic E-state index is -0.613. The van der Waals surface area contributed by atoms with Crippen LogP contribution in [-0.2, 0) is 9.53 Å². The summed E-state index contributed by atoms with van der Waals surface area (Å²) in [6, 6.07) is 7.82. The fourth-order valence-corrected chi connectivity index (χ4v) is 1.99. The standard InChI is InChI=1S/C14H10Cl2N2O3/c15-10-2-1-3-11(16)13(10)18-12(19)8-21-14(20)9-4-6-17-7-5-9/h1-7H,8H2,(H,18,19). The van der Waals surface area contributed by atoms with Crippen molar-refractivity contribution < 1.29 is 14.3 Å². The zero-order valence-corrected chi connectivity index (χ0v) is 12.2. The second-order valence-electron chi connectivity index (χ2n) is 3.96. The molecule has 0 unspecified atom stereocenters. The number of para-hydroxylation sites is 1. The second-order valence-corrected chi connectivity index (χ2v) is 4.77. The highest BCUT2D eigenvalue weighted by atomic mass is 35.5. The van der Waals surface area contributed by atoms with Gasteiger partial charge in [-0.2, -0.15) is 0 Å². The molecule has 2 rings (SSSR count). The number of esters is 1. The van der Waals surface area contributed by atoms with Crippen LogP contribution >= 0.6 is 23.2 Å². The van der Waals surface area contributed by atoms with Crippen LogP contribution in [0.15, 0.2) is 42.7 Å². The first-order valence-corrected chi connectivity index (χ1v) is 6.64. The molecule has 0 aliphatic heterocycles. The summed E-state index contributed by atoms with van der Waals surface area (Å²) in [5.74, 6) is -1.15. The van der Waals surface area contributed by atoms with Gasteiger partial charge in [-0.15, -0.1) is 0 Å². The van der Waals surface area contributed by atoms with E-state index in [1.165, 1.54) is 24.5 Å². The number of rotatable bonds is 4. The largest absolute Gasteiger partial charge is 0.452 e. The van der Waals surface area contributed by atoms with E-state index in [2.05, 4.69) is 10.3 Å². The molecule has 1 amide bonds. The normalized spacial score (nSPS) is 10.0. The lowest BCUT2D eigenvalue weighted by Crippen LogP contribution is -2.21. The molecule has 0 bridgehead atoms. The van der Waals surface area contributed by atoms with Crippen molar-refractivity contribution >= 4 is 40.8 Å². The third-order valence-electron chi connectivity index (χ3n) is 2.48. The predicted molar refractivity (Wildman–Crippen MR) is 79.6 cm³/mol. The van der Waals surface area contributed by atoms with Gasteiger partial charge >= 0.3 is 5.97 Å². The van der Waals surface area contributed by atoms with Crippen LogP contribution in [0.4, 0.5) is 5.69 Å². The Morgan fingerprint density at radius 2 is 1.71 bits per heavy atom. The number of halogens is 2. The topological polar surface area (TPSA) is 68.3 Å².